The minimum absolute atomic E-state index is 0.301. The van der Waals surface area contributed by atoms with Gasteiger partial charge in [0.25, 0.3) is 0 Å². The van der Waals surface area contributed by atoms with Crippen molar-refractivity contribution in [2.75, 3.05) is 26.8 Å². The van der Waals surface area contributed by atoms with Crippen molar-refractivity contribution >= 4 is 0 Å². The van der Waals surface area contributed by atoms with Crippen molar-refractivity contribution in [2.45, 2.75) is 25.2 Å². The quantitative estimate of drug-likeness (QED) is 0.795. The highest BCUT2D eigenvalue weighted by Gasteiger charge is 2.21. The first-order valence-corrected chi connectivity index (χ1v) is 5.45. The second-order valence-corrected chi connectivity index (χ2v) is 3.82. The van der Waals surface area contributed by atoms with Crippen LogP contribution in [0.1, 0.15) is 30.5 Å². The van der Waals surface area contributed by atoms with Crippen LogP contribution in [0, 0.1) is 0 Å². The van der Waals surface area contributed by atoms with Crippen LogP contribution in [0.2, 0.25) is 0 Å². The molecule has 1 aliphatic rings. The fraction of sp³-hybridized carbons (Fsp3) is 0.800. The van der Waals surface area contributed by atoms with Crippen molar-refractivity contribution in [1.29, 1.82) is 0 Å². The van der Waals surface area contributed by atoms with E-state index in [2.05, 4.69) is 15.5 Å². The molecule has 1 saturated heterocycles. The Balaban J connectivity index is 1.93. The second kappa shape index (κ2) is 5.23. The molecule has 0 radical (unpaired) electrons. The molecule has 1 aromatic rings. The summed E-state index contributed by atoms with van der Waals surface area (Å²) in [4.78, 5) is 4.37. The van der Waals surface area contributed by atoms with Gasteiger partial charge in [-0.1, -0.05) is 5.16 Å². The van der Waals surface area contributed by atoms with E-state index in [1.54, 1.807) is 0 Å². The lowest BCUT2D eigenvalue weighted by Gasteiger charge is -2.17. The maximum Gasteiger partial charge on any atom is 0.232 e. The maximum atomic E-state index is 5.39. The molecule has 0 aromatic carbocycles. The van der Waals surface area contributed by atoms with E-state index < -0.39 is 0 Å². The molecule has 1 unspecified atom stereocenters. The molecule has 1 fully saturated rings. The van der Waals surface area contributed by atoms with Crippen LogP contribution >= 0.6 is 0 Å². The van der Waals surface area contributed by atoms with E-state index in [1.807, 2.05) is 7.05 Å². The summed E-state index contributed by atoms with van der Waals surface area (Å²) >= 11 is 0. The lowest BCUT2D eigenvalue weighted by atomic mass is 10.0. The lowest BCUT2D eigenvalue weighted by Crippen LogP contribution is -2.16. The van der Waals surface area contributed by atoms with Gasteiger partial charge in [0.1, 0.15) is 0 Å². The van der Waals surface area contributed by atoms with Crippen LogP contribution < -0.4 is 5.32 Å². The van der Waals surface area contributed by atoms with Crippen molar-refractivity contribution in [3.8, 4) is 0 Å². The monoisotopic (exact) mass is 211 g/mol. The summed E-state index contributed by atoms with van der Waals surface area (Å²) in [5, 5.41) is 7.01. The molecule has 1 aliphatic heterocycles. The number of hydrogen-bond acceptors (Lipinski definition) is 5. The SMILES string of the molecule is CNCCc1noc(C2CCCOC2)n1. The lowest BCUT2D eigenvalue weighted by molar-refractivity contribution is 0.0705. The fourth-order valence-corrected chi connectivity index (χ4v) is 1.71. The highest BCUT2D eigenvalue weighted by Crippen LogP contribution is 2.23. The third kappa shape index (κ3) is 2.76. The summed E-state index contributed by atoms with van der Waals surface area (Å²) in [5.41, 5.74) is 0. The Morgan fingerprint density at radius 2 is 2.47 bits per heavy atom. The van der Waals surface area contributed by atoms with Crippen LogP contribution in [0.3, 0.4) is 0 Å². The summed E-state index contributed by atoms with van der Waals surface area (Å²) < 4.78 is 10.6. The Morgan fingerprint density at radius 3 is 3.20 bits per heavy atom. The van der Waals surface area contributed by atoms with Crippen molar-refractivity contribution in [3.05, 3.63) is 11.7 Å². The van der Waals surface area contributed by atoms with Gasteiger partial charge in [-0.3, -0.25) is 0 Å². The van der Waals surface area contributed by atoms with Crippen LogP contribution in [0.25, 0.3) is 0 Å². The van der Waals surface area contributed by atoms with Gasteiger partial charge in [-0.25, -0.2) is 0 Å². The Hall–Kier alpha value is -0.940. The molecule has 1 aromatic heterocycles. The number of ether oxygens (including phenoxy) is 1. The van der Waals surface area contributed by atoms with E-state index >= 15 is 0 Å². The average molecular weight is 211 g/mol. The number of nitrogens with one attached hydrogen (secondary N) is 1. The van der Waals surface area contributed by atoms with Gasteiger partial charge in [0, 0.05) is 19.6 Å². The maximum absolute atomic E-state index is 5.39. The van der Waals surface area contributed by atoms with E-state index in [0.717, 1.165) is 44.1 Å². The molecule has 15 heavy (non-hydrogen) atoms. The summed E-state index contributed by atoms with van der Waals surface area (Å²) in [7, 11) is 1.91. The summed E-state index contributed by atoms with van der Waals surface area (Å²) in [6, 6.07) is 0. The third-order valence-electron chi connectivity index (χ3n) is 2.59. The molecular weight excluding hydrogens is 194 g/mol. The molecule has 2 heterocycles. The van der Waals surface area contributed by atoms with Crippen LogP contribution in [0.4, 0.5) is 0 Å². The zero-order valence-electron chi connectivity index (χ0n) is 9.03. The molecule has 0 saturated carbocycles. The molecule has 5 nitrogen and oxygen atoms in total. The largest absolute Gasteiger partial charge is 0.381 e. The number of likely N-dealkylation sites (N-methyl/N-ethyl adjacent to an activating group) is 1. The minimum atomic E-state index is 0.301. The molecule has 1 atom stereocenters. The predicted molar refractivity (Wildman–Crippen MR) is 54.7 cm³/mol. The van der Waals surface area contributed by atoms with Gasteiger partial charge in [0.15, 0.2) is 5.82 Å². The number of hydrogen-bond donors (Lipinski definition) is 1. The first-order valence-electron chi connectivity index (χ1n) is 5.45. The molecule has 0 spiro atoms. The van der Waals surface area contributed by atoms with Crippen LogP contribution in [0.15, 0.2) is 4.52 Å². The van der Waals surface area contributed by atoms with Gasteiger partial charge in [-0.05, 0) is 19.9 Å². The van der Waals surface area contributed by atoms with Gasteiger partial charge >= 0.3 is 0 Å². The Labute approximate surface area is 89.2 Å². The second-order valence-electron chi connectivity index (χ2n) is 3.82. The molecular formula is C10H17N3O2. The number of aromatic nitrogens is 2. The molecule has 2 rings (SSSR count). The topological polar surface area (TPSA) is 60.2 Å². The number of nitrogens with zero attached hydrogens (tertiary/aromatic N) is 2. The predicted octanol–water partition coefficient (Wildman–Crippen LogP) is 0.725. The van der Waals surface area contributed by atoms with Crippen molar-refractivity contribution < 1.29 is 9.26 Å². The van der Waals surface area contributed by atoms with Crippen LogP contribution in [0.5, 0.6) is 0 Å². The Kier molecular flexibility index (Phi) is 3.69. The smallest absolute Gasteiger partial charge is 0.232 e. The van der Waals surface area contributed by atoms with Crippen LogP contribution in [-0.4, -0.2) is 36.9 Å². The molecule has 0 amide bonds. The van der Waals surface area contributed by atoms with Crippen LogP contribution in [-0.2, 0) is 11.2 Å². The van der Waals surface area contributed by atoms with E-state index in [0.29, 0.717) is 12.5 Å². The zero-order chi connectivity index (χ0) is 10.5. The summed E-state index contributed by atoms with van der Waals surface area (Å²) in [6.07, 6.45) is 2.99. The van der Waals surface area contributed by atoms with Gasteiger partial charge in [-0.2, -0.15) is 4.98 Å². The van der Waals surface area contributed by atoms with Gasteiger partial charge in [0.05, 0.1) is 12.5 Å². The summed E-state index contributed by atoms with van der Waals surface area (Å²) in [6.45, 7) is 2.45. The first-order chi connectivity index (χ1) is 7.40. The van der Waals surface area contributed by atoms with Gasteiger partial charge in [0.2, 0.25) is 5.89 Å². The Morgan fingerprint density at radius 1 is 1.53 bits per heavy atom. The van der Waals surface area contributed by atoms with E-state index in [4.69, 9.17) is 9.26 Å². The molecule has 0 bridgehead atoms. The minimum Gasteiger partial charge on any atom is -0.381 e. The first kappa shape index (κ1) is 10.6. The third-order valence-corrected chi connectivity index (χ3v) is 2.59. The standard InChI is InChI=1S/C10H17N3O2/c1-11-5-4-9-12-10(15-13-9)8-3-2-6-14-7-8/h8,11H,2-7H2,1H3. The molecule has 1 N–H and O–H groups in total. The van der Waals surface area contributed by atoms with Crippen molar-refractivity contribution in [1.82, 2.24) is 15.5 Å². The van der Waals surface area contributed by atoms with Gasteiger partial charge < -0.3 is 14.6 Å². The zero-order valence-corrected chi connectivity index (χ0v) is 9.03. The van der Waals surface area contributed by atoms with Crippen molar-refractivity contribution in [2.24, 2.45) is 0 Å². The highest BCUT2D eigenvalue weighted by molar-refractivity contribution is 4.95. The highest BCUT2D eigenvalue weighted by atomic mass is 16.5. The molecule has 84 valence electrons. The molecule has 0 aliphatic carbocycles. The number of rotatable bonds is 4. The Bertz CT molecular complexity index is 295. The van der Waals surface area contributed by atoms with Crippen molar-refractivity contribution in [3.63, 3.8) is 0 Å². The summed E-state index contributed by atoms with van der Waals surface area (Å²) in [5.74, 6) is 1.82. The van der Waals surface area contributed by atoms with E-state index in [1.165, 1.54) is 0 Å². The van der Waals surface area contributed by atoms with E-state index in [-0.39, 0.29) is 0 Å². The van der Waals surface area contributed by atoms with E-state index in [9.17, 15) is 0 Å². The van der Waals surface area contributed by atoms with Gasteiger partial charge in [-0.15, -0.1) is 0 Å². The average Bonchev–Trinajstić information content (AvgIpc) is 2.76. The fourth-order valence-electron chi connectivity index (χ4n) is 1.71. The normalized spacial score (nSPS) is 21.8. The molecule has 5 heteroatoms.